The second-order valence-electron chi connectivity index (χ2n) is 6.54. The van der Waals surface area contributed by atoms with Crippen molar-refractivity contribution in [2.75, 3.05) is 40.4 Å². The van der Waals surface area contributed by atoms with Gasteiger partial charge in [0.15, 0.2) is 5.96 Å². The topological polar surface area (TPSA) is 66.0 Å². The Balaban J connectivity index is 0.00000625. The Hall–Kier alpha value is -1.35. The van der Waals surface area contributed by atoms with Gasteiger partial charge in [-0.05, 0) is 17.9 Å². The maximum absolute atomic E-state index is 11.8. The van der Waals surface area contributed by atoms with Gasteiger partial charge >= 0.3 is 0 Å². The fraction of sp³-hybridized carbons (Fsp3) is 0.579. The highest BCUT2D eigenvalue weighted by atomic mass is 127. The molecule has 0 spiro atoms. The summed E-state index contributed by atoms with van der Waals surface area (Å²) in [6.45, 7) is 7.30. The Morgan fingerprint density at radius 2 is 1.88 bits per heavy atom. The molecule has 0 aliphatic rings. The zero-order chi connectivity index (χ0) is 18.5. The van der Waals surface area contributed by atoms with E-state index in [1.807, 2.05) is 30.3 Å². The molecule has 0 atom stereocenters. The predicted molar refractivity (Wildman–Crippen MR) is 118 cm³/mol. The standard InChI is InChI=1S/C19H32N4O2.HI/c1-16(2)15-25-12-8-11-20-19(22-14-18(24)23(3)4)21-13-17-9-6-5-7-10-17;/h5-7,9-10,16H,8,11-15H2,1-4H3,(H2,20,21,22);1H. The van der Waals surface area contributed by atoms with Crippen LogP contribution in [0.3, 0.4) is 0 Å². The van der Waals surface area contributed by atoms with E-state index < -0.39 is 0 Å². The molecule has 148 valence electrons. The first-order valence-corrected chi connectivity index (χ1v) is 8.83. The van der Waals surface area contributed by atoms with Crippen LogP contribution >= 0.6 is 24.0 Å². The molecule has 0 aliphatic heterocycles. The Kier molecular flexibility index (Phi) is 14.0. The summed E-state index contributed by atoms with van der Waals surface area (Å²) in [5.74, 6) is 1.20. The van der Waals surface area contributed by atoms with Crippen LogP contribution in [0.25, 0.3) is 0 Å². The molecule has 26 heavy (non-hydrogen) atoms. The van der Waals surface area contributed by atoms with E-state index in [0.29, 0.717) is 25.0 Å². The van der Waals surface area contributed by atoms with Crippen LogP contribution in [-0.4, -0.2) is 57.2 Å². The van der Waals surface area contributed by atoms with Crippen LogP contribution in [0.1, 0.15) is 25.8 Å². The fourth-order valence-corrected chi connectivity index (χ4v) is 1.95. The number of rotatable bonds is 10. The molecule has 0 saturated carbocycles. The first-order chi connectivity index (χ1) is 12.0. The largest absolute Gasteiger partial charge is 0.381 e. The third kappa shape index (κ3) is 12.1. The monoisotopic (exact) mass is 476 g/mol. The number of hydrogen-bond donors (Lipinski definition) is 2. The van der Waals surface area contributed by atoms with Crippen molar-refractivity contribution in [3.8, 4) is 0 Å². The summed E-state index contributed by atoms with van der Waals surface area (Å²) in [7, 11) is 3.48. The highest BCUT2D eigenvalue weighted by molar-refractivity contribution is 14.0. The van der Waals surface area contributed by atoms with Crippen molar-refractivity contribution in [3.05, 3.63) is 35.9 Å². The highest BCUT2D eigenvalue weighted by Gasteiger charge is 2.05. The number of amides is 1. The van der Waals surface area contributed by atoms with Gasteiger partial charge in [-0.3, -0.25) is 4.79 Å². The molecular weight excluding hydrogens is 443 g/mol. The first kappa shape index (κ1) is 24.7. The van der Waals surface area contributed by atoms with Crippen molar-refractivity contribution in [1.82, 2.24) is 15.5 Å². The molecule has 0 saturated heterocycles. The number of carbonyl (C=O) groups excluding carboxylic acids is 1. The van der Waals surface area contributed by atoms with Crippen molar-refractivity contribution in [1.29, 1.82) is 0 Å². The Morgan fingerprint density at radius 1 is 1.19 bits per heavy atom. The number of nitrogens with zero attached hydrogens (tertiary/aromatic N) is 2. The lowest BCUT2D eigenvalue weighted by Crippen LogP contribution is -2.43. The molecule has 2 N–H and O–H groups in total. The van der Waals surface area contributed by atoms with Crippen LogP contribution in [0.2, 0.25) is 0 Å². The maximum Gasteiger partial charge on any atom is 0.241 e. The number of halogens is 1. The van der Waals surface area contributed by atoms with Crippen LogP contribution < -0.4 is 10.6 Å². The van der Waals surface area contributed by atoms with E-state index in [1.54, 1.807) is 19.0 Å². The molecule has 1 aromatic rings. The van der Waals surface area contributed by atoms with Gasteiger partial charge in [-0.1, -0.05) is 44.2 Å². The number of benzene rings is 1. The van der Waals surface area contributed by atoms with Gasteiger partial charge in [0.05, 0.1) is 13.1 Å². The van der Waals surface area contributed by atoms with Gasteiger partial charge in [-0.25, -0.2) is 4.99 Å². The smallest absolute Gasteiger partial charge is 0.241 e. The number of guanidine groups is 1. The molecule has 0 fully saturated rings. The van der Waals surface area contributed by atoms with Crippen molar-refractivity contribution >= 4 is 35.8 Å². The average Bonchev–Trinajstić information content (AvgIpc) is 2.59. The Morgan fingerprint density at radius 3 is 2.50 bits per heavy atom. The molecule has 0 radical (unpaired) electrons. The first-order valence-electron chi connectivity index (χ1n) is 8.83. The minimum Gasteiger partial charge on any atom is -0.381 e. The third-order valence-corrected chi connectivity index (χ3v) is 3.38. The van der Waals surface area contributed by atoms with E-state index >= 15 is 0 Å². The van der Waals surface area contributed by atoms with Crippen LogP contribution in [0.4, 0.5) is 0 Å². The normalized spacial score (nSPS) is 11.0. The third-order valence-electron chi connectivity index (χ3n) is 3.38. The molecule has 1 rings (SSSR count). The van der Waals surface area contributed by atoms with Gasteiger partial charge < -0.3 is 20.3 Å². The van der Waals surface area contributed by atoms with E-state index in [2.05, 4.69) is 29.5 Å². The summed E-state index contributed by atoms with van der Waals surface area (Å²) in [4.78, 5) is 17.9. The van der Waals surface area contributed by atoms with E-state index in [0.717, 1.165) is 25.1 Å². The summed E-state index contributed by atoms with van der Waals surface area (Å²) >= 11 is 0. The predicted octanol–water partition coefficient (Wildman–Crippen LogP) is 2.49. The van der Waals surface area contributed by atoms with Crippen LogP contribution in [0, 0.1) is 5.92 Å². The van der Waals surface area contributed by atoms with Crippen LogP contribution in [0.5, 0.6) is 0 Å². The number of hydrogen-bond acceptors (Lipinski definition) is 3. The number of nitrogens with one attached hydrogen (secondary N) is 2. The molecule has 7 heteroatoms. The van der Waals surface area contributed by atoms with Crippen molar-refractivity contribution in [2.24, 2.45) is 10.9 Å². The second kappa shape index (κ2) is 14.8. The van der Waals surface area contributed by atoms with Gasteiger partial charge in [-0.15, -0.1) is 24.0 Å². The molecule has 0 bridgehead atoms. The van der Waals surface area contributed by atoms with Crippen molar-refractivity contribution in [3.63, 3.8) is 0 Å². The molecule has 6 nitrogen and oxygen atoms in total. The number of carbonyl (C=O) groups is 1. The molecule has 0 heterocycles. The minimum absolute atomic E-state index is 0. The van der Waals surface area contributed by atoms with E-state index in [1.165, 1.54) is 0 Å². The van der Waals surface area contributed by atoms with Gasteiger partial charge in [-0.2, -0.15) is 0 Å². The maximum atomic E-state index is 11.8. The molecule has 1 amide bonds. The summed E-state index contributed by atoms with van der Waals surface area (Å²) in [5.41, 5.74) is 1.13. The zero-order valence-electron chi connectivity index (χ0n) is 16.3. The molecule has 0 aromatic heterocycles. The summed E-state index contributed by atoms with van der Waals surface area (Å²) < 4.78 is 5.57. The van der Waals surface area contributed by atoms with Gasteiger partial charge in [0.1, 0.15) is 0 Å². The Bertz CT molecular complexity index is 522. The zero-order valence-corrected chi connectivity index (χ0v) is 18.7. The molecule has 0 aliphatic carbocycles. The Labute approximate surface area is 174 Å². The highest BCUT2D eigenvalue weighted by Crippen LogP contribution is 2.00. The lowest BCUT2D eigenvalue weighted by Gasteiger charge is -2.15. The SMILES string of the molecule is CC(C)COCCCNC(=NCc1ccccc1)NCC(=O)N(C)C.I. The lowest BCUT2D eigenvalue weighted by molar-refractivity contribution is -0.127. The molecular formula is C19H33IN4O2. The average molecular weight is 476 g/mol. The molecule has 0 unspecified atom stereocenters. The van der Waals surface area contributed by atoms with Crippen LogP contribution in [0.15, 0.2) is 35.3 Å². The number of likely N-dealkylation sites (N-methyl/N-ethyl adjacent to an activating group) is 1. The van der Waals surface area contributed by atoms with Crippen molar-refractivity contribution in [2.45, 2.75) is 26.8 Å². The van der Waals surface area contributed by atoms with Crippen molar-refractivity contribution < 1.29 is 9.53 Å². The minimum atomic E-state index is 0. The second-order valence-corrected chi connectivity index (χ2v) is 6.54. The van der Waals surface area contributed by atoms with Gasteiger partial charge in [0.2, 0.25) is 5.91 Å². The lowest BCUT2D eigenvalue weighted by atomic mass is 10.2. The fourth-order valence-electron chi connectivity index (χ4n) is 1.95. The molecule has 1 aromatic carbocycles. The number of ether oxygens (including phenoxy) is 1. The van der Waals surface area contributed by atoms with E-state index in [9.17, 15) is 4.79 Å². The number of aliphatic imine (C=N–C) groups is 1. The van der Waals surface area contributed by atoms with Gasteiger partial charge in [0.25, 0.3) is 0 Å². The summed E-state index contributed by atoms with van der Waals surface area (Å²) in [5, 5.41) is 6.35. The quantitative estimate of drug-likeness (QED) is 0.236. The van der Waals surface area contributed by atoms with E-state index in [-0.39, 0.29) is 36.4 Å². The van der Waals surface area contributed by atoms with E-state index in [4.69, 9.17) is 4.74 Å². The van der Waals surface area contributed by atoms with Gasteiger partial charge in [0, 0.05) is 33.9 Å². The summed E-state index contributed by atoms with van der Waals surface area (Å²) in [6.07, 6.45) is 0.889. The van der Waals surface area contributed by atoms with Crippen LogP contribution in [-0.2, 0) is 16.1 Å². The summed E-state index contributed by atoms with van der Waals surface area (Å²) in [6, 6.07) is 10.0.